The van der Waals surface area contributed by atoms with Gasteiger partial charge in [0.05, 0.1) is 16.9 Å². The van der Waals surface area contributed by atoms with E-state index < -0.39 is 0 Å². The molecule has 6 heteroatoms. The molecule has 1 saturated heterocycles. The highest BCUT2D eigenvalue weighted by Gasteiger charge is 2.29. The van der Waals surface area contributed by atoms with E-state index in [1.807, 2.05) is 12.1 Å². The van der Waals surface area contributed by atoms with Crippen LogP contribution >= 0.6 is 0 Å². The molecule has 0 radical (unpaired) electrons. The molecule has 2 fully saturated rings. The minimum Gasteiger partial charge on any atom is -0.396 e. The number of nitrogen functional groups attached to an aromatic ring is 1. The highest BCUT2D eigenvalue weighted by Crippen LogP contribution is 2.38. The van der Waals surface area contributed by atoms with Crippen molar-refractivity contribution in [1.29, 1.82) is 0 Å². The molecule has 0 atom stereocenters. The summed E-state index contributed by atoms with van der Waals surface area (Å²) in [7, 11) is 2.18. The lowest BCUT2D eigenvalue weighted by atomic mass is 10.1. The lowest BCUT2D eigenvalue weighted by molar-refractivity contribution is -0.117. The zero-order valence-corrected chi connectivity index (χ0v) is 18.4. The summed E-state index contributed by atoms with van der Waals surface area (Å²) >= 11 is 0. The van der Waals surface area contributed by atoms with Gasteiger partial charge in [0, 0.05) is 61.0 Å². The summed E-state index contributed by atoms with van der Waals surface area (Å²) in [6.07, 6.45) is 2.01. The SMILES string of the molecule is CCn1c(-c2ccc(NC(=O)C3CC3)cc2)c(N)c2ccc(N3CCN(C)CC3)cc21. The Bertz CT molecular complexity index is 1110. The highest BCUT2D eigenvalue weighted by molar-refractivity contribution is 6.02. The molecular weight excluding hydrogens is 386 g/mol. The van der Waals surface area contributed by atoms with Crippen LogP contribution < -0.4 is 16.0 Å². The molecule has 3 N–H and O–H groups in total. The fraction of sp³-hybridized carbons (Fsp3) is 0.400. The number of benzene rings is 2. The average molecular weight is 418 g/mol. The number of nitrogens with one attached hydrogen (secondary N) is 1. The molecule has 6 nitrogen and oxygen atoms in total. The molecule has 0 unspecified atom stereocenters. The van der Waals surface area contributed by atoms with E-state index in [2.05, 4.69) is 64.0 Å². The van der Waals surface area contributed by atoms with Crippen molar-refractivity contribution < 1.29 is 4.79 Å². The fourth-order valence-corrected chi connectivity index (χ4v) is 4.57. The number of aromatic nitrogens is 1. The van der Waals surface area contributed by atoms with E-state index >= 15 is 0 Å². The molecule has 1 aromatic heterocycles. The van der Waals surface area contributed by atoms with Crippen LogP contribution in [0, 0.1) is 5.92 Å². The maximum atomic E-state index is 12.0. The van der Waals surface area contributed by atoms with Gasteiger partial charge in [0.1, 0.15) is 0 Å². The van der Waals surface area contributed by atoms with Crippen LogP contribution in [0.25, 0.3) is 22.2 Å². The number of aryl methyl sites for hydroxylation is 1. The van der Waals surface area contributed by atoms with Crippen molar-refractivity contribution in [3.05, 3.63) is 42.5 Å². The number of anilines is 3. The van der Waals surface area contributed by atoms with Crippen molar-refractivity contribution in [2.75, 3.05) is 49.2 Å². The Morgan fingerprint density at radius 1 is 1.06 bits per heavy atom. The lowest BCUT2D eigenvalue weighted by Crippen LogP contribution is -2.44. The van der Waals surface area contributed by atoms with E-state index in [0.717, 1.165) is 73.6 Å². The second-order valence-electron chi connectivity index (χ2n) is 8.84. The molecule has 3 aromatic rings. The summed E-state index contributed by atoms with van der Waals surface area (Å²) in [6, 6.07) is 14.7. The third-order valence-corrected chi connectivity index (χ3v) is 6.65. The van der Waals surface area contributed by atoms with Gasteiger partial charge in [-0.25, -0.2) is 0 Å². The Morgan fingerprint density at radius 2 is 1.77 bits per heavy atom. The Hall–Kier alpha value is -2.99. The first-order valence-corrected chi connectivity index (χ1v) is 11.3. The topological polar surface area (TPSA) is 66.5 Å². The van der Waals surface area contributed by atoms with Crippen LogP contribution in [0.4, 0.5) is 17.1 Å². The molecule has 1 aliphatic heterocycles. The van der Waals surface area contributed by atoms with Crippen LogP contribution in [-0.2, 0) is 11.3 Å². The molecule has 1 saturated carbocycles. The molecule has 2 aliphatic rings. The first kappa shape index (κ1) is 19.9. The van der Waals surface area contributed by atoms with Gasteiger partial charge in [-0.1, -0.05) is 12.1 Å². The Morgan fingerprint density at radius 3 is 2.42 bits per heavy atom. The number of nitrogens with zero attached hydrogens (tertiary/aromatic N) is 3. The van der Waals surface area contributed by atoms with E-state index in [1.165, 1.54) is 11.2 Å². The number of rotatable bonds is 5. The van der Waals surface area contributed by atoms with Crippen molar-refractivity contribution in [3.8, 4) is 11.3 Å². The third kappa shape index (κ3) is 3.76. The van der Waals surface area contributed by atoms with Crippen LogP contribution in [0.2, 0.25) is 0 Å². The molecule has 2 aromatic carbocycles. The van der Waals surface area contributed by atoms with Gasteiger partial charge in [-0.2, -0.15) is 0 Å². The van der Waals surface area contributed by atoms with Crippen molar-refractivity contribution in [2.45, 2.75) is 26.3 Å². The van der Waals surface area contributed by atoms with E-state index in [0.29, 0.717) is 0 Å². The van der Waals surface area contributed by atoms with Crippen LogP contribution in [-0.4, -0.2) is 48.6 Å². The second kappa shape index (κ2) is 7.93. The number of hydrogen-bond donors (Lipinski definition) is 2. The molecule has 31 heavy (non-hydrogen) atoms. The minimum absolute atomic E-state index is 0.131. The average Bonchev–Trinajstić information content (AvgIpc) is 3.60. The summed E-state index contributed by atoms with van der Waals surface area (Å²) in [5.41, 5.74) is 12.9. The predicted octanol–water partition coefficient (Wildman–Crippen LogP) is 4.01. The van der Waals surface area contributed by atoms with E-state index in [4.69, 9.17) is 5.73 Å². The van der Waals surface area contributed by atoms with E-state index in [-0.39, 0.29) is 11.8 Å². The van der Waals surface area contributed by atoms with Crippen molar-refractivity contribution in [1.82, 2.24) is 9.47 Å². The van der Waals surface area contributed by atoms with Crippen LogP contribution in [0.5, 0.6) is 0 Å². The number of piperazine rings is 1. The maximum absolute atomic E-state index is 12.0. The van der Waals surface area contributed by atoms with Crippen molar-refractivity contribution in [2.24, 2.45) is 5.92 Å². The predicted molar refractivity (Wildman–Crippen MR) is 129 cm³/mol. The quantitative estimate of drug-likeness (QED) is 0.658. The molecule has 1 amide bonds. The van der Waals surface area contributed by atoms with Gasteiger partial charge >= 0.3 is 0 Å². The summed E-state index contributed by atoms with van der Waals surface area (Å²) < 4.78 is 2.31. The highest BCUT2D eigenvalue weighted by atomic mass is 16.2. The molecular formula is C25H31N5O. The Kier molecular flexibility index (Phi) is 5.10. The molecule has 5 rings (SSSR count). The first-order valence-electron chi connectivity index (χ1n) is 11.3. The first-order chi connectivity index (χ1) is 15.0. The monoisotopic (exact) mass is 417 g/mol. The van der Waals surface area contributed by atoms with Crippen molar-refractivity contribution in [3.63, 3.8) is 0 Å². The van der Waals surface area contributed by atoms with Gasteiger partial charge in [-0.15, -0.1) is 0 Å². The number of amides is 1. The number of hydrogen-bond acceptors (Lipinski definition) is 4. The van der Waals surface area contributed by atoms with Gasteiger partial charge in [0.15, 0.2) is 0 Å². The molecule has 162 valence electrons. The smallest absolute Gasteiger partial charge is 0.227 e. The van der Waals surface area contributed by atoms with E-state index in [1.54, 1.807) is 0 Å². The second-order valence-corrected chi connectivity index (χ2v) is 8.84. The largest absolute Gasteiger partial charge is 0.396 e. The van der Waals surface area contributed by atoms with Gasteiger partial charge in [0.25, 0.3) is 0 Å². The Balaban J connectivity index is 1.48. The van der Waals surface area contributed by atoms with Gasteiger partial charge in [0.2, 0.25) is 5.91 Å². The zero-order chi connectivity index (χ0) is 21.5. The number of fused-ring (bicyclic) bond motifs is 1. The maximum Gasteiger partial charge on any atom is 0.227 e. The summed E-state index contributed by atoms with van der Waals surface area (Å²) in [6.45, 7) is 7.27. The Labute approximate surface area is 183 Å². The third-order valence-electron chi connectivity index (χ3n) is 6.65. The minimum atomic E-state index is 0.131. The van der Waals surface area contributed by atoms with E-state index in [9.17, 15) is 4.79 Å². The molecule has 2 heterocycles. The van der Waals surface area contributed by atoms with Gasteiger partial charge in [-0.05, 0) is 57.1 Å². The fourth-order valence-electron chi connectivity index (χ4n) is 4.57. The van der Waals surface area contributed by atoms with Crippen LogP contribution in [0.15, 0.2) is 42.5 Å². The van der Waals surface area contributed by atoms with Gasteiger partial charge in [-0.3, -0.25) is 4.79 Å². The summed E-state index contributed by atoms with van der Waals surface area (Å²) in [5, 5.41) is 4.11. The van der Waals surface area contributed by atoms with Gasteiger partial charge < -0.3 is 25.4 Å². The van der Waals surface area contributed by atoms with Crippen molar-refractivity contribution >= 4 is 33.9 Å². The molecule has 0 spiro atoms. The molecule has 1 aliphatic carbocycles. The lowest BCUT2D eigenvalue weighted by Gasteiger charge is -2.34. The number of likely N-dealkylation sites (N-methyl/N-ethyl adjacent to an activating group) is 1. The zero-order valence-electron chi connectivity index (χ0n) is 18.4. The normalized spacial score (nSPS) is 17.3. The number of nitrogens with two attached hydrogens (primary N) is 1. The van der Waals surface area contributed by atoms with Crippen LogP contribution in [0.1, 0.15) is 19.8 Å². The van der Waals surface area contributed by atoms with Crippen LogP contribution in [0.3, 0.4) is 0 Å². The summed E-state index contributed by atoms with van der Waals surface area (Å²) in [5.74, 6) is 0.332. The number of carbonyl (C=O) groups excluding carboxylic acids is 1. The number of carbonyl (C=O) groups is 1. The standard InChI is InChI=1S/C25H31N5O/c1-3-30-22-16-20(29-14-12-28(2)13-15-29)10-11-21(22)23(26)24(30)17-6-8-19(9-7-17)27-25(31)18-4-5-18/h6-11,16,18H,3-5,12-15,26H2,1-2H3,(H,27,31). The molecule has 0 bridgehead atoms. The summed E-state index contributed by atoms with van der Waals surface area (Å²) in [4.78, 5) is 16.9.